The predicted octanol–water partition coefficient (Wildman–Crippen LogP) is 3.66. The highest BCUT2D eigenvalue weighted by molar-refractivity contribution is 5.65. The lowest BCUT2D eigenvalue weighted by Gasteiger charge is -2.13. The third-order valence-electron chi connectivity index (χ3n) is 3.39. The summed E-state index contributed by atoms with van der Waals surface area (Å²) in [7, 11) is 0. The Labute approximate surface area is 112 Å². The molecule has 100 valence electrons. The summed E-state index contributed by atoms with van der Waals surface area (Å²) >= 11 is 0. The number of rotatable bonds is 6. The number of nitrogens with zero attached hydrogens (tertiary/aromatic N) is 1. The molecule has 1 heterocycles. The minimum Gasteiger partial charge on any atom is -0.313 e. The van der Waals surface area contributed by atoms with E-state index >= 15 is 0 Å². The van der Waals surface area contributed by atoms with Crippen LogP contribution in [0, 0.1) is 13.8 Å². The van der Waals surface area contributed by atoms with E-state index in [0.717, 1.165) is 30.9 Å². The Morgan fingerprint density at radius 3 is 2.61 bits per heavy atom. The fourth-order valence-electron chi connectivity index (χ4n) is 2.10. The molecule has 0 atom stereocenters. The van der Waals surface area contributed by atoms with Gasteiger partial charge in [0.2, 0.25) is 0 Å². The standard InChI is InChI=1S/C16H26N2/c1-6-9-15-10-16(18-13(5)12(15)4)14(7-2)11-17-8-3/h7,10,17H,6,8-9,11H2,1-5H3/b14-7+. The predicted molar refractivity (Wildman–Crippen MR) is 79.9 cm³/mol. The maximum atomic E-state index is 4.73. The van der Waals surface area contributed by atoms with Crippen LogP contribution in [-0.2, 0) is 6.42 Å². The first-order valence-corrected chi connectivity index (χ1v) is 6.97. The molecular weight excluding hydrogens is 220 g/mol. The summed E-state index contributed by atoms with van der Waals surface area (Å²) in [6, 6.07) is 2.26. The summed E-state index contributed by atoms with van der Waals surface area (Å²) in [5.41, 5.74) is 6.37. The van der Waals surface area contributed by atoms with Crippen molar-refractivity contribution in [2.45, 2.75) is 47.5 Å². The lowest BCUT2D eigenvalue weighted by atomic mass is 10.00. The molecule has 0 amide bonds. The molecule has 0 saturated carbocycles. The summed E-state index contributed by atoms with van der Waals surface area (Å²) < 4.78 is 0. The molecule has 1 aromatic rings. The van der Waals surface area contributed by atoms with Crippen molar-refractivity contribution >= 4 is 5.57 Å². The third kappa shape index (κ3) is 3.67. The molecule has 0 fully saturated rings. The highest BCUT2D eigenvalue weighted by Crippen LogP contribution is 2.19. The van der Waals surface area contributed by atoms with Crippen LogP contribution in [0.15, 0.2) is 12.1 Å². The van der Waals surface area contributed by atoms with Gasteiger partial charge in [0.25, 0.3) is 0 Å². The van der Waals surface area contributed by atoms with Crippen LogP contribution in [-0.4, -0.2) is 18.1 Å². The third-order valence-corrected chi connectivity index (χ3v) is 3.39. The Bertz CT molecular complexity index is 419. The zero-order chi connectivity index (χ0) is 13.5. The van der Waals surface area contributed by atoms with Gasteiger partial charge in [0, 0.05) is 12.2 Å². The topological polar surface area (TPSA) is 24.9 Å². The van der Waals surface area contributed by atoms with Gasteiger partial charge in [-0.3, -0.25) is 4.98 Å². The average molecular weight is 246 g/mol. The monoisotopic (exact) mass is 246 g/mol. The fourth-order valence-corrected chi connectivity index (χ4v) is 2.10. The van der Waals surface area contributed by atoms with E-state index in [1.54, 1.807) is 0 Å². The zero-order valence-corrected chi connectivity index (χ0v) is 12.4. The van der Waals surface area contributed by atoms with E-state index < -0.39 is 0 Å². The van der Waals surface area contributed by atoms with E-state index in [-0.39, 0.29) is 0 Å². The Kier molecular flexibility index (Phi) is 6.06. The molecule has 0 aliphatic heterocycles. The molecule has 2 heteroatoms. The van der Waals surface area contributed by atoms with Crippen molar-refractivity contribution in [1.82, 2.24) is 10.3 Å². The molecule has 2 nitrogen and oxygen atoms in total. The maximum absolute atomic E-state index is 4.73. The number of hydrogen-bond donors (Lipinski definition) is 1. The molecule has 1 N–H and O–H groups in total. The summed E-state index contributed by atoms with van der Waals surface area (Å²) in [6.07, 6.45) is 4.48. The first-order valence-electron chi connectivity index (χ1n) is 6.97. The number of allylic oxidation sites excluding steroid dienone is 1. The van der Waals surface area contributed by atoms with Crippen molar-refractivity contribution < 1.29 is 0 Å². The summed E-state index contributed by atoms with van der Waals surface area (Å²) in [5.74, 6) is 0. The van der Waals surface area contributed by atoms with Gasteiger partial charge in [-0.25, -0.2) is 0 Å². The molecule has 0 aliphatic carbocycles. The maximum Gasteiger partial charge on any atom is 0.0677 e. The van der Waals surface area contributed by atoms with Crippen molar-refractivity contribution in [3.63, 3.8) is 0 Å². The molecule has 1 aromatic heterocycles. The Morgan fingerprint density at radius 2 is 2.06 bits per heavy atom. The molecular formula is C16H26N2. The molecule has 18 heavy (non-hydrogen) atoms. The molecule has 0 unspecified atom stereocenters. The molecule has 0 aliphatic rings. The van der Waals surface area contributed by atoms with Crippen molar-refractivity contribution in [3.8, 4) is 0 Å². The van der Waals surface area contributed by atoms with Crippen LogP contribution in [0.25, 0.3) is 5.57 Å². The van der Waals surface area contributed by atoms with Crippen molar-refractivity contribution in [3.05, 3.63) is 34.7 Å². The van der Waals surface area contributed by atoms with Gasteiger partial charge in [-0.2, -0.15) is 0 Å². The molecule has 0 saturated heterocycles. The Hall–Kier alpha value is -1.15. The lowest BCUT2D eigenvalue weighted by Crippen LogP contribution is -2.16. The largest absolute Gasteiger partial charge is 0.313 e. The van der Waals surface area contributed by atoms with Gasteiger partial charge in [0.1, 0.15) is 0 Å². The van der Waals surface area contributed by atoms with E-state index in [1.807, 2.05) is 0 Å². The van der Waals surface area contributed by atoms with E-state index in [0.29, 0.717) is 0 Å². The average Bonchev–Trinajstić information content (AvgIpc) is 2.36. The minimum absolute atomic E-state index is 0.897. The quantitative estimate of drug-likeness (QED) is 0.828. The van der Waals surface area contributed by atoms with Gasteiger partial charge >= 0.3 is 0 Å². The summed E-state index contributed by atoms with van der Waals surface area (Å²) in [5, 5.41) is 3.38. The fraction of sp³-hybridized carbons (Fsp3) is 0.562. The van der Waals surface area contributed by atoms with Crippen LogP contribution in [0.4, 0.5) is 0 Å². The van der Waals surface area contributed by atoms with Gasteiger partial charge in [-0.15, -0.1) is 0 Å². The van der Waals surface area contributed by atoms with Gasteiger partial charge in [-0.1, -0.05) is 26.3 Å². The number of aromatic nitrogens is 1. The van der Waals surface area contributed by atoms with Crippen LogP contribution in [0.2, 0.25) is 0 Å². The van der Waals surface area contributed by atoms with Crippen molar-refractivity contribution in [2.75, 3.05) is 13.1 Å². The van der Waals surface area contributed by atoms with Crippen LogP contribution in [0.3, 0.4) is 0 Å². The summed E-state index contributed by atoms with van der Waals surface area (Å²) in [4.78, 5) is 4.73. The lowest BCUT2D eigenvalue weighted by molar-refractivity contribution is 0.804. The second-order valence-corrected chi connectivity index (χ2v) is 4.72. The van der Waals surface area contributed by atoms with Crippen LogP contribution >= 0.6 is 0 Å². The first kappa shape index (κ1) is 14.9. The highest BCUT2D eigenvalue weighted by Gasteiger charge is 2.08. The zero-order valence-electron chi connectivity index (χ0n) is 12.4. The van der Waals surface area contributed by atoms with Crippen LogP contribution in [0.1, 0.15) is 49.7 Å². The molecule has 0 bridgehead atoms. The van der Waals surface area contributed by atoms with Gasteiger partial charge in [-0.05, 0) is 56.5 Å². The summed E-state index contributed by atoms with van der Waals surface area (Å²) in [6.45, 7) is 12.6. The number of aryl methyl sites for hydroxylation is 2. The van der Waals surface area contributed by atoms with Gasteiger partial charge in [0.15, 0.2) is 0 Å². The number of nitrogens with one attached hydrogen (secondary N) is 1. The van der Waals surface area contributed by atoms with Gasteiger partial charge in [0.05, 0.1) is 5.69 Å². The van der Waals surface area contributed by atoms with Crippen molar-refractivity contribution in [1.29, 1.82) is 0 Å². The molecule has 0 spiro atoms. The van der Waals surface area contributed by atoms with E-state index in [9.17, 15) is 0 Å². The number of pyridine rings is 1. The van der Waals surface area contributed by atoms with Crippen LogP contribution in [0.5, 0.6) is 0 Å². The van der Waals surface area contributed by atoms with E-state index in [1.165, 1.54) is 23.1 Å². The SMILES string of the molecule is C/C=C(\CNCC)c1cc(CCC)c(C)c(C)n1. The van der Waals surface area contributed by atoms with Gasteiger partial charge < -0.3 is 5.32 Å². The highest BCUT2D eigenvalue weighted by atomic mass is 14.8. The normalized spacial score (nSPS) is 11.9. The molecule has 0 radical (unpaired) electrons. The van der Waals surface area contributed by atoms with Crippen molar-refractivity contribution in [2.24, 2.45) is 0 Å². The van der Waals surface area contributed by atoms with E-state index in [2.05, 4.69) is 52.1 Å². The number of likely N-dealkylation sites (N-methyl/N-ethyl adjacent to an activating group) is 1. The second kappa shape index (κ2) is 7.32. The smallest absolute Gasteiger partial charge is 0.0677 e. The first-order chi connectivity index (χ1) is 8.63. The Morgan fingerprint density at radius 1 is 1.33 bits per heavy atom. The molecule has 0 aromatic carbocycles. The minimum atomic E-state index is 0.897. The second-order valence-electron chi connectivity index (χ2n) is 4.72. The van der Waals surface area contributed by atoms with E-state index in [4.69, 9.17) is 4.98 Å². The Balaban J connectivity index is 3.08. The number of hydrogen-bond acceptors (Lipinski definition) is 2. The van der Waals surface area contributed by atoms with Crippen LogP contribution < -0.4 is 5.32 Å². The molecule has 1 rings (SSSR count).